The van der Waals surface area contributed by atoms with Crippen molar-refractivity contribution in [3.05, 3.63) is 34.9 Å². The first-order chi connectivity index (χ1) is 6.25. The van der Waals surface area contributed by atoms with Crippen molar-refractivity contribution in [3.63, 3.8) is 0 Å². The molecule has 0 atom stereocenters. The average molecular weight is 214 g/mol. The molecule has 0 unspecified atom stereocenters. The lowest BCUT2D eigenvalue weighted by Crippen LogP contribution is -1.92. The van der Waals surface area contributed by atoms with Crippen LogP contribution in [-0.2, 0) is 0 Å². The highest BCUT2D eigenvalue weighted by atomic mass is 35.5. The third-order valence-corrected chi connectivity index (χ3v) is 2.49. The normalized spacial score (nSPS) is 17.5. The zero-order valence-corrected chi connectivity index (χ0v) is 8.52. The fourth-order valence-corrected chi connectivity index (χ4v) is 1.42. The molecule has 1 aliphatic carbocycles. The summed E-state index contributed by atoms with van der Waals surface area (Å²) in [5.74, 6) is 0. The Morgan fingerprint density at radius 1 is 1.23 bits per heavy atom. The molecule has 0 aromatic heterocycles. The number of nitrogens with zero attached hydrogens (tertiary/aromatic N) is 1. The highest BCUT2D eigenvalue weighted by molar-refractivity contribution is 6.69. The second-order valence-electron chi connectivity index (χ2n) is 3.16. The van der Waals surface area contributed by atoms with Gasteiger partial charge in [0, 0.05) is 10.6 Å². The van der Waals surface area contributed by atoms with Gasteiger partial charge in [-0.25, -0.2) is 0 Å². The van der Waals surface area contributed by atoms with E-state index in [2.05, 4.69) is 4.99 Å². The van der Waals surface area contributed by atoms with Crippen LogP contribution in [0.15, 0.2) is 29.3 Å². The minimum Gasteiger partial charge on any atom is -0.269 e. The van der Waals surface area contributed by atoms with Crippen molar-refractivity contribution >= 4 is 28.4 Å². The number of aliphatic imine (C=N–C) groups is 1. The van der Waals surface area contributed by atoms with E-state index in [4.69, 9.17) is 23.2 Å². The van der Waals surface area contributed by atoms with Gasteiger partial charge < -0.3 is 0 Å². The zero-order chi connectivity index (χ0) is 9.26. The van der Waals surface area contributed by atoms with E-state index in [1.54, 1.807) is 0 Å². The molecular weight excluding hydrogens is 205 g/mol. The van der Waals surface area contributed by atoms with Gasteiger partial charge in [-0.2, -0.15) is 0 Å². The molecule has 1 aliphatic rings. The van der Waals surface area contributed by atoms with Crippen molar-refractivity contribution in [2.45, 2.75) is 18.9 Å². The van der Waals surface area contributed by atoms with Gasteiger partial charge in [-0.3, -0.25) is 4.99 Å². The van der Waals surface area contributed by atoms with Crippen LogP contribution in [0, 0.1) is 0 Å². The number of hydrogen-bond donors (Lipinski definition) is 0. The standard InChI is InChI=1S/C10H9Cl2N/c11-8-3-1-7(2-4-8)10(12)13-9-5-6-9/h1-4,9H,5-6H2. The lowest BCUT2D eigenvalue weighted by molar-refractivity contribution is 1.07. The van der Waals surface area contributed by atoms with Gasteiger partial charge in [0.25, 0.3) is 0 Å². The van der Waals surface area contributed by atoms with Gasteiger partial charge in [0.05, 0.1) is 6.04 Å². The van der Waals surface area contributed by atoms with Crippen LogP contribution in [0.5, 0.6) is 0 Å². The third-order valence-electron chi connectivity index (χ3n) is 1.93. The lowest BCUT2D eigenvalue weighted by atomic mass is 10.2. The van der Waals surface area contributed by atoms with Crippen LogP contribution in [0.3, 0.4) is 0 Å². The molecule has 2 rings (SSSR count). The van der Waals surface area contributed by atoms with E-state index in [-0.39, 0.29) is 0 Å². The summed E-state index contributed by atoms with van der Waals surface area (Å²) in [5, 5.41) is 1.32. The third kappa shape index (κ3) is 2.45. The fraction of sp³-hybridized carbons (Fsp3) is 0.300. The van der Waals surface area contributed by atoms with E-state index in [0.29, 0.717) is 11.2 Å². The molecule has 1 nitrogen and oxygen atoms in total. The fourth-order valence-electron chi connectivity index (χ4n) is 1.03. The molecular formula is C10H9Cl2N. The zero-order valence-electron chi connectivity index (χ0n) is 7.00. The van der Waals surface area contributed by atoms with E-state index in [0.717, 1.165) is 10.6 Å². The maximum atomic E-state index is 6.00. The average Bonchev–Trinajstić information content (AvgIpc) is 2.89. The molecule has 0 radical (unpaired) electrons. The molecule has 0 spiro atoms. The Morgan fingerprint density at radius 3 is 2.38 bits per heavy atom. The molecule has 0 saturated heterocycles. The van der Waals surface area contributed by atoms with E-state index >= 15 is 0 Å². The van der Waals surface area contributed by atoms with Crippen molar-refractivity contribution in [2.75, 3.05) is 0 Å². The van der Waals surface area contributed by atoms with Crippen LogP contribution in [0.1, 0.15) is 18.4 Å². The van der Waals surface area contributed by atoms with Crippen molar-refractivity contribution in [2.24, 2.45) is 4.99 Å². The highest BCUT2D eigenvalue weighted by Gasteiger charge is 2.20. The summed E-state index contributed by atoms with van der Waals surface area (Å²) in [6.45, 7) is 0. The molecule has 0 heterocycles. The van der Waals surface area contributed by atoms with Crippen LogP contribution in [-0.4, -0.2) is 11.2 Å². The van der Waals surface area contributed by atoms with Gasteiger partial charge in [-0.1, -0.05) is 35.3 Å². The molecule has 0 bridgehead atoms. The maximum Gasteiger partial charge on any atom is 0.131 e. The Morgan fingerprint density at radius 2 is 1.85 bits per heavy atom. The number of benzene rings is 1. The first-order valence-electron chi connectivity index (χ1n) is 4.25. The Kier molecular flexibility index (Phi) is 2.56. The Balaban J connectivity index is 2.19. The van der Waals surface area contributed by atoms with Crippen molar-refractivity contribution in [3.8, 4) is 0 Å². The van der Waals surface area contributed by atoms with Crippen LogP contribution >= 0.6 is 23.2 Å². The van der Waals surface area contributed by atoms with Gasteiger partial charge in [0.1, 0.15) is 5.17 Å². The van der Waals surface area contributed by atoms with E-state index in [9.17, 15) is 0 Å². The summed E-state index contributed by atoms with van der Waals surface area (Å²) in [7, 11) is 0. The summed E-state index contributed by atoms with van der Waals surface area (Å²) in [5.41, 5.74) is 0.943. The Hall–Kier alpha value is -0.530. The molecule has 1 saturated carbocycles. The molecule has 13 heavy (non-hydrogen) atoms. The summed E-state index contributed by atoms with van der Waals surface area (Å²) in [6, 6.07) is 7.87. The smallest absolute Gasteiger partial charge is 0.131 e. The van der Waals surface area contributed by atoms with Gasteiger partial charge in [0.2, 0.25) is 0 Å². The topological polar surface area (TPSA) is 12.4 Å². The van der Waals surface area contributed by atoms with Gasteiger partial charge >= 0.3 is 0 Å². The maximum absolute atomic E-state index is 6.00. The molecule has 0 amide bonds. The predicted molar refractivity (Wildman–Crippen MR) is 56.9 cm³/mol. The minimum absolute atomic E-state index is 0.461. The number of hydrogen-bond acceptors (Lipinski definition) is 1. The molecule has 1 aromatic rings. The van der Waals surface area contributed by atoms with Gasteiger partial charge in [0.15, 0.2) is 0 Å². The van der Waals surface area contributed by atoms with Gasteiger partial charge in [-0.15, -0.1) is 0 Å². The van der Waals surface area contributed by atoms with Crippen LogP contribution in [0.4, 0.5) is 0 Å². The molecule has 0 N–H and O–H groups in total. The summed E-state index contributed by atoms with van der Waals surface area (Å²) in [4.78, 5) is 4.33. The summed E-state index contributed by atoms with van der Waals surface area (Å²) >= 11 is 11.8. The molecule has 0 aliphatic heterocycles. The van der Waals surface area contributed by atoms with Crippen LogP contribution < -0.4 is 0 Å². The molecule has 1 fully saturated rings. The van der Waals surface area contributed by atoms with E-state index in [1.807, 2.05) is 24.3 Å². The van der Waals surface area contributed by atoms with Gasteiger partial charge in [-0.05, 0) is 25.0 Å². The first kappa shape index (κ1) is 9.04. The molecule has 3 heteroatoms. The summed E-state index contributed by atoms with van der Waals surface area (Å²) < 4.78 is 0. The lowest BCUT2D eigenvalue weighted by Gasteiger charge is -1.97. The second kappa shape index (κ2) is 3.69. The first-order valence-corrected chi connectivity index (χ1v) is 5.00. The van der Waals surface area contributed by atoms with E-state index < -0.39 is 0 Å². The molecule has 68 valence electrons. The SMILES string of the molecule is ClC(=NC1CC1)c1ccc(Cl)cc1. The Bertz CT molecular complexity index is 325. The van der Waals surface area contributed by atoms with E-state index in [1.165, 1.54) is 12.8 Å². The Labute approximate surface area is 87.4 Å². The monoisotopic (exact) mass is 213 g/mol. The second-order valence-corrected chi connectivity index (χ2v) is 3.95. The quantitative estimate of drug-likeness (QED) is 0.668. The highest BCUT2D eigenvalue weighted by Crippen LogP contribution is 2.25. The number of rotatable bonds is 2. The minimum atomic E-state index is 0.461. The van der Waals surface area contributed by atoms with Crippen molar-refractivity contribution in [1.82, 2.24) is 0 Å². The predicted octanol–water partition coefficient (Wildman–Crippen LogP) is 3.49. The van der Waals surface area contributed by atoms with Crippen molar-refractivity contribution in [1.29, 1.82) is 0 Å². The van der Waals surface area contributed by atoms with Crippen LogP contribution in [0.25, 0.3) is 0 Å². The largest absolute Gasteiger partial charge is 0.269 e. The number of halogens is 2. The molecule has 1 aromatic carbocycles. The van der Waals surface area contributed by atoms with Crippen molar-refractivity contribution < 1.29 is 0 Å². The summed E-state index contributed by atoms with van der Waals surface area (Å²) in [6.07, 6.45) is 2.34. The van der Waals surface area contributed by atoms with Crippen LogP contribution in [0.2, 0.25) is 5.02 Å².